The number of ether oxygens (including phenoxy) is 2. The Morgan fingerprint density at radius 3 is 2.68 bits per heavy atom. The number of benzene rings is 1. The molecule has 0 aliphatic carbocycles. The van der Waals surface area contributed by atoms with Crippen LogP contribution >= 0.6 is 0 Å². The van der Waals surface area contributed by atoms with Crippen molar-refractivity contribution in [2.24, 2.45) is 0 Å². The first-order valence-corrected chi connectivity index (χ1v) is 7.12. The van der Waals surface area contributed by atoms with E-state index in [9.17, 15) is 0 Å². The molecule has 3 nitrogen and oxygen atoms in total. The van der Waals surface area contributed by atoms with E-state index in [1.165, 1.54) is 11.1 Å². The van der Waals surface area contributed by atoms with Crippen LogP contribution in [0.25, 0.3) is 0 Å². The zero-order valence-corrected chi connectivity index (χ0v) is 12.1. The molecule has 3 heteroatoms. The number of aryl methyl sites for hydroxylation is 1. The Labute approximate surface area is 116 Å². The van der Waals surface area contributed by atoms with Crippen molar-refractivity contribution in [3.8, 4) is 0 Å². The molecule has 1 N–H and O–H groups in total. The number of nitrogens with one attached hydrogen (secondary N) is 1. The monoisotopic (exact) mass is 263 g/mol. The molecule has 1 saturated heterocycles. The lowest BCUT2D eigenvalue weighted by Crippen LogP contribution is -2.44. The van der Waals surface area contributed by atoms with Gasteiger partial charge < -0.3 is 14.8 Å². The average Bonchev–Trinajstić information content (AvgIpc) is 2.45. The van der Waals surface area contributed by atoms with Gasteiger partial charge in [0.25, 0.3) is 0 Å². The summed E-state index contributed by atoms with van der Waals surface area (Å²) in [5, 5.41) is 3.54. The third-order valence-corrected chi connectivity index (χ3v) is 4.11. The molecule has 1 aromatic carbocycles. The number of hydrogen-bond donors (Lipinski definition) is 1. The maximum atomic E-state index is 5.56. The predicted octanol–water partition coefficient (Wildman–Crippen LogP) is 2.28. The van der Waals surface area contributed by atoms with Gasteiger partial charge in [0, 0.05) is 38.8 Å². The summed E-state index contributed by atoms with van der Waals surface area (Å²) in [7, 11) is 1.74. The summed E-state index contributed by atoms with van der Waals surface area (Å²) in [6.45, 7) is 6.61. The molecule has 1 aliphatic rings. The Balaban J connectivity index is 2.12. The third kappa shape index (κ3) is 3.56. The Morgan fingerprint density at radius 1 is 1.26 bits per heavy atom. The van der Waals surface area contributed by atoms with Crippen molar-refractivity contribution in [1.29, 1.82) is 0 Å². The van der Waals surface area contributed by atoms with E-state index in [1.54, 1.807) is 7.11 Å². The Hall–Kier alpha value is -0.900. The molecule has 0 unspecified atom stereocenters. The lowest BCUT2D eigenvalue weighted by atomic mass is 9.72. The topological polar surface area (TPSA) is 30.5 Å². The number of rotatable bonds is 6. The molecule has 1 heterocycles. The van der Waals surface area contributed by atoms with Gasteiger partial charge in [0.05, 0.1) is 6.61 Å². The fraction of sp³-hybridized carbons (Fsp3) is 0.625. The van der Waals surface area contributed by atoms with Crippen LogP contribution in [0, 0.1) is 6.92 Å². The summed E-state index contributed by atoms with van der Waals surface area (Å²) >= 11 is 0. The minimum atomic E-state index is 0.220. The van der Waals surface area contributed by atoms with E-state index in [-0.39, 0.29) is 5.41 Å². The van der Waals surface area contributed by atoms with Gasteiger partial charge in [-0.15, -0.1) is 0 Å². The summed E-state index contributed by atoms with van der Waals surface area (Å²) in [5.74, 6) is 0. The minimum Gasteiger partial charge on any atom is -0.383 e. The fourth-order valence-corrected chi connectivity index (χ4v) is 2.97. The van der Waals surface area contributed by atoms with Gasteiger partial charge in [0.2, 0.25) is 0 Å². The average molecular weight is 263 g/mol. The molecular formula is C16H25NO2. The molecule has 106 valence electrons. The lowest BCUT2D eigenvalue weighted by Gasteiger charge is -2.39. The van der Waals surface area contributed by atoms with E-state index in [0.717, 1.165) is 45.8 Å². The van der Waals surface area contributed by atoms with Crippen LogP contribution in [0.4, 0.5) is 0 Å². The van der Waals surface area contributed by atoms with E-state index < -0.39 is 0 Å². The first-order valence-electron chi connectivity index (χ1n) is 7.12. The third-order valence-electron chi connectivity index (χ3n) is 4.11. The smallest absolute Gasteiger partial charge is 0.0587 e. The molecule has 0 bridgehead atoms. The highest BCUT2D eigenvalue weighted by atomic mass is 16.5. The minimum absolute atomic E-state index is 0.220. The van der Waals surface area contributed by atoms with Crippen LogP contribution in [-0.4, -0.2) is 40.0 Å². The van der Waals surface area contributed by atoms with Crippen molar-refractivity contribution < 1.29 is 9.47 Å². The van der Waals surface area contributed by atoms with Crippen LogP contribution in [0.2, 0.25) is 0 Å². The predicted molar refractivity (Wildman–Crippen MR) is 77.7 cm³/mol. The second-order valence-electron chi connectivity index (χ2n) is 5.38. The second kappa shape index (κ2) is 7.04. The van der Waals surface area contributed by atoms with Crippen LogP contribution in [0.3, 0.4) is 0 Å². The zero-order chi connectivity index (χ0) is 13.6. The van der Waals surface area contributed by atoms with Gasteiger partial charge >= 0.3 is 0 Å². The lowest BCUT2D eigenvalue weighted by molar-refractivity contribution is 0.0490. The first-order chi connectivity index (χ1) is 9.28. The Bertz CT molecular complexity index is 386. The maximum absolute atomic E-state index is 5.56. The van der Waals surface area contributed by atoms with E-state index in [0.29, 0.717) is 0 Å². The normalized spacial score (nSPS) is 18.4. The largest absolute Gasteiger partial charge is 0.383 e. The molecule has 0 spiro atoms. The molecule has 0 radical (unpaired) electrons. The highest BCUT2D eigenvalue weighted by Gasteiger charge is 2.34. The van der Waals surface area contributed by atoms with Crippen molar-refractivity contribution in [3.63, 3.8) is 0 Å². The summed E-state index contributed by atoms with van der Waals surface area (Å²) in [6.07, 6.45) is 2.19. The highest BCUT2D eigenvalue weighted by molar-refractivity contribution is 5.34. The second-order valence-corrected chi connectivity index (χ2v) is 5.38. The summed E-state index contributed by atoms with van der Waals surface area (Å²) in [4.78, 5) is 0. The Kier molecular flexibility index (Phi) is 5.37. The van der Waals surface area contributed by atoms with Gasteiger partial charge in [-0.3, -0.25) is 0 Å². The molecule has 1 aromatic rings. The fourth-order valence-electron chi connectivity index (χ4n) is 2.97. The molecule has 0 aromatic heterocycles. The van der Waals surface area contributed by atoms with Crippen molar-refractivity contribution in [2.45, 2.75) is 25.2 Å². The maximum Gasteiger partial charge on any atom is 0.0587 e. The van der Waals surface area contributed by atoms with Gasteiger partial charge in [-0.2, -0.15) is 0 Å². The zero-order valence-electron chi connectivity index (χ0n) is 12.1. The van der Waals surface area contributed by atoms with E-state index in [1.807, 2.05) is 0 Å². The number of methoxy groups -OCH3 is 1. The summed E-state index contributed by atoms with van der Waals surface area (Å²) in [5.41, 5.74) is 3.08. The molecule has 19 heavy (non-hydrogen) atoms. The Morgan fingerprint density at radius 2 is 2.00 bits per heavy atom. The molecular weight excluding hydrogens is 238 g/mol. The van der Waals surface area contributed by atoms with Crippen LogP contribution in [0.5, 0.6) is 0 Å². The van der Waals surface area contributed by atoms with Gasteiger partial charge in [0.1, 0.15) is 0 Å². The standard InChI is InChI=1S/C16H25NO2/c1-14-5-3-4-6-15(14)16(7-10-19-11-8-16)13-17-9-12-18-2/h3-6,17H,7-13H2,1-2H3. The highest BCUT2D eigenvalue weighted by Crippen LogP contribution is 2.35. The van der Waals surface area contributed by atoms with E-state index >= 15 is 0 Å². The van der Waals surface area contributed by atoms with Crippen LogP contribution in [0.1, 0.15) is 24.0 Å². The molecule has 0 atom stereocenters. The van der Waals surface area contributed by atoms with Crippen molar-refractivity contribution in [3.05, 3.63) is 35.4 Å². The quantitative estimate of drug-likeness (QED) is 0.799. The van der Waals surface area contributed by atoms with Crippen molar-refractivity contribution in [2.75, 3.05) is 40.0 Å². The van der Waals surface area contributed by atoms with Gasteiger partial charge in [-0.1, -0.05) is 24.3 Å². The van der Waals surface area contributed by atoms with Crippen LogP contribution in [-0.2, 0) is 14.9 Å². The molecule has 1 aliphatic heterocycles. The van der Waals surface area contributed by atoms with E-state index in [2.05, 4.69) is 36.5 Å². The molecule has 2 rings (SSSR count). The van der Waals surface area contributed by atoms with Crippen molar-refractivity contribution in [1.82, 2.24) is 5.32 Å². The summed E-state index contributed by atoms with van der Waals surface area (Å²) < 4.78 is 10.7. The van der Waals surface area contributed by atoms with Gasteiger partial charge in [0.15, 0.2) is 0 Å². The first kappa shape index (κ1) is 14.5. The SMILES string of the molecule is COCCNCC1(c2ccccc2C)CCOCC1. The number of hydrogen-bond acceptors (Lipinski definition) is 3. The van der Waals surface area contributed by atoms with Gasteiger partial charge in [-0.05, 0) is 30.9 Å². The van der Waals surface area contributed by atoms with Crippen LogP contribution in [0.15, 0.2) is 24.3 Å². The van der Waals surface area contributed by atoms with Gasteiger partial charge in [-0.25, -0.2) is 0 Å². The summed E-state index contributed by atoms with van der Waals surface area (Å²) in [6, 6.07) is 8.75. The molecule has 0 amide bonds. The molecule has 1 fully saturated rings. The van der Waals surface area contributed by atoms with Crippen molar-refractivity contribution >= 4 is 0 Å². The van der Waals surface area contributed by atoms with E-state index in [4.69, 9.17) is 9.47 Å². The molecule has 0 saturated carbocycles. The van der Waals surface area contributed by atoms with Crippen LogP contribution < -0.4 is 5.32 Å².